The van der Waals surface area contributed by atoms with Crippen molar-refractivity contribution in [1.29, 1.82) is 0 Å². The average Bonchev–Trinajstić information content (AvgIpc) is 2.50. The molecule has 2 amide bonds. The number of halogens is 1. The number of nitrogens with one attached hydrogen (secondary N) is 2. The number of nitrogens with zero attached hydrogens (tertiary/aromatic N) is 1. The maximum atomic E-state index is 11.8. The highest BCUT2D eigenvalue weighted by Gasteiger charge is 2.12. The van der Waals surface area contributed by atoms with Gasteiger partial charge in [-0.3, -0.25) is 20.2 Å². The molecule has 9 heteroatoms. The summed E-state index contributed by atoms with van der Waals surface area (Å²) >= 11 is 5.87. The Hall–Kier alpha value is -3.13. The third-order valence-corrected chi connectivity index (χ3v) is 3.10. The molecule has 2 N–H and O–H groups in total. The largest absolute Gasteiger partial charge is 0.417 e. The fraction of sp³-hybridized carbons (Fsp3) is 0.0667. The Morgan fingerprint density at radius 1 is 1.12 bits per heavy atom. The molecule has 124 valence electrons. The SMILES string of the molecule is CC(=O)Nc1ccc(OC(=O)Nc2ccc([N+](=O)[O-])cc2Cl)cc1. The van der Waals surface area contributed by atoms with Crippen LogP contribution in [-0.2, 0) is 4.79 Å². The van der Waals surface area contributed by atoms with E-state index in [0.717, 1.165) is 6.07 Å². The third-order valence-electron chi connectivity index (χ3n) is 2.79. The van der Waals surface area contributed by atoms with Crippen molar-refractivity contribution in [3.8, 4) is 5.75 Å². The summed E-state index contributed by atoms with van der Waals surface area (Å²) in [5.41, 5.74) is 0.559. The maximum Gasteiger partial charge on any atom is 0.417 e. The summed E-state index contributed by atoms with van der Waals surface area (Å²) in [4.78, 5) is 32.8. The Kier molecular flexibility index (Phi) is 5.33. The van der Waals surface area contributed by atoms with Crippen molar-refractivity contribution < 1.29 is 19.2 Å². The molecular weight excluding hydrogens is 338 g/mol. The van der Waals surface area contributed by atoms with Crippen molar-refractivity contribution in [2.75, 3.05) is 10.6 Å². The van der Waals surface area contributed by atoms with Crippen molar-refractivity contribution in [2.24, 2.45) is 0 Å². The van der Waals surface area contributed by atoms with Crippen LogP contribution in [0.4, 0.5) is 21.9 Å². The second-order valence-electron chi connectivity index (χ2n) is 4.64. The second kappa shape index (κ2) is 7.42. The number of ether oxygens (including phenoxy) is 1. The van der Waals surface area contributed by atoms with E-state index in [-0.39, 0.29) is 28.1 Å². The van der Waals surface area contributed by atoms with Gasteiger partial charge >= 0.3 is 6.09 Å². The maximum absolute atomic E-state index is 11.8. The molecule has 0 fully saturated rings. The molecule has 0 saturated carbocycles. The fourth-order valence-corrected chi connectivity index (χ4v) is 1.99. The van der Waals surface area contributed by atoms with Gasteiger partial charge in [0.2, 0.25) is 5.91 Å². The Morgan fingerprint density at radius 2 is 1.79 bits per heavy atom. The van der Waals surface area contributed by atoms with Crippen LogP contribution in [0.25, 0.3) is 0 Å². The minimum atomic E-state index is -0.807. The highest BCUT2D eigenvalue weighted by Crippen LogP contribution is 2.27. The minimum Gasteiger partial charge on any atom is -0.410 e. The lowest BCUT2D eigenvalue weighted by Crippen LogP contribution is -2.17. The van der Waals surface area contributed by atoms with Crippen molar-refractivity contribution >= 4 is 40.7 Å². The predicted molar refractivity (Wildman–Crippen MR) is 88.5 cm³/mol. The molecule has 0 spiro atoms. The molecule has 0 saturated heterocycles. The van der Waals surface area contributed by atoms with Crippen LogP contribution < -0.4 is 15.4 Å². The van der Waals surface area contributed by atoms with Crippen LogP contribution in [0.5, 0.6) is 5.75 Å². The first kappa shape index (κ1) is 17.2. The number of non-ortho nitro benzene ring substituents is 1. The zero-order valence-corrected chi connectivity index (χ0v) is 13.2. The van der Waals surface area contributed by atoms with Gasteiger partial charge in [0.1, 0.15) is 5.75 Å². The summed E-state index contributed by atoms with van der Waals surface area (Å²) in [6.45, 7) is 1.38. The van der Waals surface area contributed by atoms with Gasteiger partial charge in [-0.15, -0.1) is 0 Å². The monoisotopic (exact) mass is 349 g/mol. The van der Waals surface area contributed by atoms with Crippen LogP contribution in [0, 0.1) is 10.1 Å². The first-order valence-corrected chi connectivity index (χ1v) is 7.03. The van der Waals surface area contributed by atoms with Gasteiger partial charge in [0.25, 0.3) is 5.69 Å². The van der Waals surface area contributed by atoms with E-state index in [1.807, 2.05) is 0 Å². The first-order chi connectivity index (χ1) is 11.3. The van der Waals surface area contributed by atoms with Gasteiger partial charge in [0.05, 0.1) is 15.6 Å². The summed E-state index contributed by atoms with van der Waals surface area (Å²) in [7, 11) is 0. The topological polar surface area (TPSA) is 111 Å². The van der Waals surface area contributed by atoms with Gasteiger partial charge in [-0.1, -0.05) is 11.6 Å². The van der Waals surface area contributed by atoms with Crippen LogP contribution >= 0.6 is 11.6 Å². The molecule has 0 aliphatic rings. The molecule has 0 heterocycles. The molecule has 0 atom stereocenters. The molecule has 2 aromatic carbocycles. The number of carbonyl (C=O) groups is 2. The molecule has 24 heavy (non-hydrogen) atoms. The van der Waals surface area contributed by atoms with E-state index < -0.39 is 11.0 Å². The lowest BCUT2D eigenvalue weighted by atomic mass is 10.3. The molecule has 0 aliphatic carbocycles. The zero-order valence-electron chi connectivity index (χ0n) is 12.4. The fourth-order valence-electron chi connectivity index (χ4n) is 1.77. The predicted octanol–water partition coefficient (Wildman–Crippen LogP) is 3.82. The molecule has 2 rings (SSSR count). The number of amides is 2. The van der Waals surface area contributed by atoms with Gasteiger partial charge in [-0.2, -0.15) is 0 Å². The summed E-state index contributed by atoms with van der Waals surface area (Å²) < 4.78 is 5.06. The molecule has 0 bridgehead atoms. The van der Waals surface area contributed by atoms with Crippen LogP contribution in [0.1, 0.15) is 6.92 Å². The Labute approximate surface area is 141 Å². The minimum absolute atomic E-state index is 0.0159. The summed E-state index contributed by atoms with van der Waals surface area (Å²) in [5, 5.41) is 15.6. The van der Waals surface area contributed by atoms with Crippen molar-refractivity contribution in [2.45, 2.75) is 6.92 Å². The number of nitro groups is 1. The van der Waals surface area contributed by atoms with Crippen LogP contribution in [0.2, 0.25) is 5.02 Å². The molecule has 2 aromatic rings. The van der Waals surface area contributed by atoms with Crippen molar-refractivity contribution in [3.05, 3.63) is 57.6 Å². The number of carbonyl (C=O) groups excluding carboxylic acids is 2. The lowest BCUT2D eigenvalue weighted by Gasteiger charge is -2.08. The molecule has 8 nitrogen and oxygen atoms in total. The highest BCUT2D eigenvalue weighted by atomic mass is 35.5. The van der Waals surface area contributed by atoms with Crippen LogP contribution in [0.15, 0.2) is 42.5 Å². The number of hydrogen-bond acceptors (Lipinski definition) is 5. The van der Waals surface area contributed by atoms with E-state index in [9.17, 15) is 19.7 Å². The summed E-state index contributed by atoms with van der Waals surface area (Å²) in [6.07, 6.45) is -0.807. The van der Waals surface area contributed by atoms with Gasteiger partial charge in [0.15, 0.2) is 0 Å². The molecule has 0 aliphatic heterocycles. The van der Waals surface area contributed by atoms with E-state index >= 15 is 0 Å². The summed E-state index contributed by atoms with van der Waals surface area (Å²) in [6, 6.07) is 9.79. The highest BCUT2D eigenvalue weighted by molar-refractivity contribution is 6.33. The van der Waals surface area contributed by atoms with Crippen molar-refractivity contribution in [1.82, 2.24) is 0 Å². The third kappa shape index (κ3) is 4.68. The zero-order chi connectivity index (χ0) is 17.7. The van der Waals surface area contributed by atoms with E-state index in [2.05, 4.69) is 10.6 Å². The number of rotatable bonds is 4. The number of hydrogen-bond donors (Lipinski definition) is 2. The lowest BCUT2D eigenvalue weighted by molar-refractivity contribution is -0.384. The number of anilines is 2. The van der Waals surface area contributed by atoms with E-state index in [1.54, 1.807) is 12.1 Å². The van der Waals surface area contributed by atoms with Gasteiger partial charge < -0.3 is 10.1 Å². The average molecular weight is 350 g/mol. The second-order valence-corrected chi connectivity index (χ2v) is 5.05. The van der Waals surface area contributed by atoms with E-state index in [1.165, 1.54) is 31.2 Å². The number of benzene rings is 2. The molecule has 0 unspecified atom stereocenters. The van der Waals surface area contributed by atoms with E-state index in [4.69, 9.17) is 16.3 Å². The van der Waals surface area contributed by atoms with Crippen LogP contribution in [-0.4, -0.2) is 16.9 Å². The normalized spacial score (nSPS) is 9.92. The van der Waals surface area contributed by atoms with Gasteiger partial charge in [-0.05, 0) is 30.3 Å². The molecular formula is C15H12ClN3O5. The standard InChI is InChI=1S/C15H12ClN3O5/c1-9(20)17-10-2-5-12(6-3-10)24-15(21)18-14-7-4-11(19(22)23)8-13(14)16/h2-8H,1H3,(H,17,20)(H,18,21). The van der Waals surface area contributed by atoms with Gasteiger partial charge in [-0.25, -0.2) is 4.79 Å². The quantitative estimate of drug-likeness (QED) is 0.644. The summed E-state index contributed by atoms with van der Waals surface area (Å²) in [5.74, 6) is 0.0360. The Balaban J connectivity index is 2.00. The van der Waals surface area contributed by atoms with E-state index in [0.29, 0.717) is 5.69 Å². The Bertz CT molecular complexity index is 792. The number of nitro benzene ring substituents is 1. The Morgan fingerprint density at radius 3 is 2.33 bits per heavy atom. The van der Waals surface area contributed by atoms with Gasteiger partial charge in [0, 0.05) is 24.7 Å². The smallest absolute Gasteiger partial charge is 0.410 e. The van der Waals surface area contributed by atoms with Crippen LogP contribution in [0.3, 0.4) is 0 Å². The van der Waals surface area contributed by atoms with Crippen molar-refractivity contribution in [3.63, 3.8) is 0 Å². The molecule has 0 radical (unpaired) electrons. The molecule has 0 aromatic heterocycles. The first-order valence-electron chi connectivity index (χ1n) is 6.65.